The van der Waals surface area contributed by atoms with E-state index < -0.39 is 51.2 Å². The Morgan fingerprint density at radius 1 is 0.927 bits per heavy atom. The van der Waals surface area contributed by atoms with E-state index in [0.29, 0.717) is 16.4 Å². The molecule has 1 aliphatic heterocycles. The summed E-state index contributed by atoms with van der Waals surface area (Å²) in [5, 5.41) is 12.1. The molecule has 1 saturated heterocycles. The molecule has 210 valence electrons. The lowest BCUT2D eigenvalue weighted by Crippen LogP contribution is -2.39. The molecule has 0 aliphatic carbocycles. The topological polar surface area (TPSA) is 287 Å². The smallest absolute Gasteiger partial charge is 0.279 e. The Hall–Kier alpha value is -4.51. The summed E-state index contributed by atoms with van der Waals surface area (Å²) in [6.07, 6.45) is -1.47. The minimum absolute atomic E-state index is 0.0684. The van der Waals surface area contributed by atoms with E-state index in [0.717, 1.165) is 0 Å². The van der Waals surface area contributed by atoms with Crippen LogP contribution in [0.15, 0.2) is 34.1 Å². The number of anilines is 3. The first-order valence-corrected chi connectivity index (χ1v) is 14.5. The van der Waals surface area contributed by atoms with E-state index >= 15 is 0 Å². The van der Waals surface area contributed by atoms with Gasteiger partial charge in [-0.3, -0.25) is 24.1 Å². The lowest BCUT2D eigenvalue weighted by Gasteiger charge is -2.20. The number of aliphatic hydroxyl groups excluding tert-OH is 1. The number of nitrogens with two attached hydrogens (primary N) is 3. The van der Waals surface area contributed by atoms with Gasteiger partial charge in [0.05, 0.1) is 40.3 Å². The number of nitrogens with one attached hydrogen (secondary N) is 2. The van der Waals surface area contributed by atoms with Crippen molar-refractivity contribution in [2.24, 2.45) is 0 Å². The number of hydrogen-bond donors (Lipinski definition) is 6. The van der Waals surface area contributed by atoms with E-state index in [1.807, 2.05) is 0 Å². The number of aromatic amines is 2. The van der Waals surface area contributed by atoms with Crippen molar-refractivity contribution in [2.75, 3.05) is 23.8 Å². The first kappa shape index (κ1) is 25.5. The molecule has 7 rings (SSSR count). The molecule has 9 N–H and O–H groups in total. The fraction of sp³-hybridized carbons (Fsp3) is 0.250. The normalized spacial score (nSPS) is 21.9. The quantitative estimate of drug-likeness (QED) is 0.130. The molecule has 6 aromatic heterocycles. The largest absolute Gasteiger partial charge is 0.386 e. The molecule has 19 nitrogen and oxygen atoms in total. The van der Waals surface area contributed by atoms with Crippen molar-refractivity contribution in [3.8, 4) is 0 Å². The minimum atomic E-state index is -1.71. The highest BCUT2D eigenvalue weighted by Gasteiger charge is 2.47. The van der Waals surface area contributed by atoms with Gasteiger partial charge in [0.2, 0.25) is 11.9 Å². The van der Waals surface area contributed by atoms with Crippen molar-refractivity contribution in [3.63, 3.8) is 0 Å². The summed E-state index contributed by atoms with van der Waals surface area (Å²) < 4.78 is 20.1. The second-order valence-corrected chi connectivity index (χ2v) is 12.0. The fourth-order valence-electron chi connectivity index (χ4n) is 4.54. The molecular formula is C20H19N13O6P2. The Bertz CT molecular complexity index is 2070. The van der Waals surface area contributed by atoms with Crippen LogP contribution in [0.4, 0.5) is 17.7 Å². The van der Waals surface area contributed by atoms with Crippen molar-refractivity contribution in [2.45, 2.75) is 24.5 Å². The average molecular weight is 599 g/mol. The molecule has 0 radical (unpaired) electrons. The number of nitrogen functional groups attached to an aromatic ring is 3. The van der Waals surface area contributed by atoms with Gasteiger partial charge < -0.3 is 36.1 Å². The monoisotopic (exact) mass is 599 g/mol. The maximum atomic E-state index is 12.3. The van der Waals surface area contributed by atoms with E-state index in [2.05, 4.69) is 44.9 Å². The zero-order chi connectivity index (χ0) is 28.4. The number of ether oxygens (including phenoxy) is 1. The highest BCUT2D eigenvalue weighted by atomic mass is 31.1. The van der Waals surface area contributed by atoms with Crippen molar-refractivity contribution in [3.05, 3.63) is 45.2 Å². The third kappa shape index (κ3) is 4.19. The number of hydrogen-bond acceptors (Lipinski definition) is 16. The van der Waals surface area contributed by atoms with Crippen molar-refractivity contribution < 1.29 is 18.9 Å². The summed E-state index contributed by atoms with van der Waals surface area (Å²) in [6.45, 7) is -0.106. The van der Waals surface area contributed by atoms with Gasteiger partial charge in [0.15, 0.2) is 28.7 Å². The molecule has 0 spiro atoms. The van der Waals surface area contributed by atoms with E-state index in [1.165, 1.54) is 29.1 Å². The lowest BCUT2D eigenvalue weighted by atomic mass is 10.1. The van der Waals surface area contributed by atoms with Crippen LogP contribution in [0.1, 0.15) is 6.23 Å². The molecule has 41 heavy (non-hydrogen) atoms. The highest BCUT2D eigenvalue weighted by molar-refractivity contribution is 7.50. The number of aromatic nitrogens is 10. The molecule has 21 heteroatoms. The summed E-state index contributed by atoms with van der Waals surface area (Å²) in [7, 11) is -3.28. The van der Waals surface area contributed by atoms with Gasteiger partial charge in [0.1, 0.15) is 40.7 Å². The molecule has 0 bridgehead atoms. The molecule has 0 saturated carbocycles. The van der Waals surface area contributed by atoms with E-state index in [4.69, 9.17) is 31.0 Å². The van der Waals surface area contributed by atoms with Crippen molar-refractivity contribution >= 4 is 65.9 Å². The summed E-state index contributed by atoms with van der Waals surface area (Å²) in [5.41, 5.74) is 17.2. The van der Waals surface area contributed by atoms with Crippen molar-refractivity contribution in [1.82, 2.24) is 49.4 Å². The van der Waals surface area contributed by atoms with Gasteiger partial charge in [-0.2, -0.15) is 0 Å². The maximum Gasteiger partial charge on any atom is 0.279 e. The number of aliphatic hydroxyl groups is 1. The van der Waals surface area contributed by atoms with Gasteiger partial charge in [-0.1, -0.05) is 0 Å². The summed E-state index contributed by atoms with van der Waals surface area (Å²) in [6, 6.07) is 0. The molecule has 4 unspecified atom stereocenters. The molecule has 7 heterocycles. The van der Waals surface area contributed by atoms with Crippen LogP contribution in [0.5, 0.6) is 0 Å². The van der Waals surface area contributed by atoms with Crippen LogP contribution in [0, 0.1) is 0 Å². The average Bonchev–Trinajstić information content (AvgIpc) is 3.70. The second kappa shape index (κ2) is 9.55. The van der Waals surface area contributed by atoms with Crippen LogP contribution in [0.2, 0.25) is 0 Å². The summed E-state index contributed by atoms with van der Waals surface area (Å²) in [4.78, 5) is 58.3. The number of fused-ring (bicyclic) bond motifs is 3. The lowest BCUT2D eigenvalue weighted by molar-refractivity contribution is -0.0422. The molecule has 0 amide bonds. The van der Waals surface area contributed by atoms with Gasteiger partial charge >= 0.3 is 0 Å². The maximum absolute atomic E-state index is 12.3. The van der Waals surface area contributed by atoms with Crippen molar-refractivity contribution in [1.29, 1.82) is 0 Å². The van der Waals surface area contributed by atoms with Gasteiger partial charge in [-0.05, 0) is 0 Å². The SMILES string of the molecule is Nc1nc2c(ncp2OC[C@H]2O[C@@H](n3cnc4c(N)ncnc43)C(O)C2Op2cnc3c(=O)[nH]c(N)nc32)c(=O)[nH]1. The fourth-order valence-corrected chi connectivity index (χ4v) is 7.52. The Kier molecular flexibility index (Phi) is 5.93. The van der Waals surface area contributed by atoms with Gasteiger partial charge in [-0.15, -0.1) is 0 Å². The van der Waals surface area contributed by atoms with Crippen LogP contribution >= 0.6 is 15.5 Å². The number of imidazole rings is 1. The predicted molar refractivity (Wildman–Crippen MR) is 146 cm³/mol. The first-order chi connectivity index (χ1) is 19.8. The van der Waals surface area contributed by atoms with Crippen LogP contribution < -0.4 is 37.4 Å². The van der Waals surface area contributed by atoms with Gasteiger partial charge in [-0.25, -0.2) is 34.9 Å². The number of rotatable bonds is 6. The molecule has 1 fully saturated rings. The Morgan fingerprint density at radius 3 is 2.29 bits per heavy atom. The van der Waals surface area contributed by atoms with Crippen LogP contribution in [-0.2, 0) is 4.74 Å². The van der Waals surface area contributed by atoms with Crippen LogP contribution in [-0.4, -0.2) is 79.4 Å². The summed E-state index contributed by atoms with van der Waals surface area (Å²) >= 11 is 0. The van der Waals surface area contributed by atoms with E-state index in [1.54, 1.807) is 0 Å². The van der Waals surface area contributed by atoms with E-state index in [-0.39, 0.29) is 40.6 Å². The zero-order valence-electron chi connectivity index (χ0n) is 20.5. The van der Waals surface area contributed by atoms with Crippen LogP contribution in [0.25, 0.3) is 32.7 Å². The van der Waals surface area contributed by atoms with Crippen LogP contribution in [0.3, 0.4) is 0 Å². The third-order valence-electron chi connectivity index (χ3n) is 6.37. The van der Waals surface area contributed by atoms with E-state index in [9.17, 15) is 14.7 Å². The molecule has 6 atom stereocenters. The number of H-pyrrole nitrogens is 2. The second-order valence-electron chi connectivity index (χ2n) is 8.89. The standard InChI is InChI=1S/C20H19N13O6P2/c21-12-7-13(25-2-24-12)33(3-26-7)18-10(34)11(39-41-5-28-9-15(36)30-20(23)32-17(9)41)6(38-18)1-37-40-4-27-8-14(35)29-19(22)31-16(8)40/h2-6,10-11,18,34H,1H2,(H2,21,24,25)(H3,22,29,31,35)(H3,23,30,32,36)/t6-,10?,11?,18-,40?,41?/m1/s1. The Balaban J connectivity index is 1.25. The molecule has 6 aromatic rings. The molecule has 1 aliphatic rings. The Morgan fingerprint density at radius 2 is 1.59 bits per heavy atom. The van der Waals surface area contributed by atoms with Gasteiger partial charge in [0.25, 0.3) is 11.1 Å². The Labute approximate surface area is 228 Å². The predicted octanol–water partition coefficient (Wildman–Crippen LogP) is -1.31. The molecule has 0 aromatic carbocycles. The minimum Gasteiger partial charge on any atom is -0.386 e. The highest BCUT2D eigenvalue weighted by Crippen LogP contribution is 2.41. The third-order valence-corrected chi connectivity index (χ3v) is 9.38. The zero-order valence-corrected chi connectivity index (χ0v) is 22.3. The molecular weight excluding hydrogens is 580 g/mol. The first-order valence-electron chi connectivity index (χ1n) is 11.8. The summed E-state index contributed by atoms with van der Waals surface area (Å²) in [5.74, 6) is 2.92. The number of nitrogens with zero attached hydrogens (tertiary/aromatic N) is 8. The van der Waals surface area contributed by atoms with Gasteiger partial charge in [0, 0.05) is 0 Å².